The molecule has 0 radical (unpaired) electrons. The number of benzene rings is 2. The molecule has 0 saturated carbocycles. The quantitative estimate of drug-likeness (QED) is 0.339. The van der Waals surface area contributed by atoms with Gasteiger partial charge >= 0.3 is 5.97 Å². The van der Waals surface area contributed by atoms with E-state index in [-0.39, 0.29) is 13.0 Å². The number of fused-ring (bicyclic) bond motifs is 1. The second-order valence-corrected chi connectivity index (χ2v) is 8.14. The SMILES string of the molecule is N#Cc1ccccc1NC(=O)COC(=O)CCCSc1nc2ccccc2s1. The molecule has 1 aromatic heterocycles. The summed E-state index contributed by atoms with van der Waals surface area (Å²) in [4.78, 5) is 28.2. The number of amides is 1. The fraction of sp³-hybridized carbons (Fsp3) is 0.200. The zero-order valence-electron chi connectivity index (χ0n) is 14.9. The van der Waals surface area contributed by atoms with E-state index in [1.165, 1.54) is 0 Å². The molecule has 0 aliphatic rings. The smallest absolute Gasteiger partial charge is 0.306 e. The number of ether oxygens (including phenoxy) is 1. The molecule has 0 unspecified atom stereocenters. The lowest BCUT2D eigenvalue weighted by molar-refractivity contribution is -0.147. The molecule has 0 saturated heterocycles. The van der Waals surface area contributed by atoms with Crippen LogP contribution in [-0.4, -0.2) is 29.2 Å². The Morgan fingerprint density at radius 1 is 1.18 bits per heavy atom. The number of anilines is 1. The van der Waals surface area contributed by atoms with E-state index < -0.39 is 11.9 Å². The molecule has 1 N–H and O–H groups in total. The number of para-hydroxylation sites is 2. The van der Waals surface area contributed by atoms with Crippen LogP contribution in [0.4, 0.5) is 5.69 Å². The molecule has 6 nitrogen and oxygen atoms in total. The number of hydrogen-bond acceptors (Lipinski definition) is 7. The highest BCUT2D eigenvalue weighted by Crippen LogP contribution is 2.29. The van der Waals surface area contributed by atoms with Crippen LogP contribution in [0.25, 0.3) is 10.2 Å². The lowest BCUT2D eigenvalue weighted by Gasteiger charge is -2.07. The van der Waals surface area contributed by atoms with Gasteiger partial charge in [-0.15, -0.1) is 11.3 Å². The molecule has 1 amide bonds. The van der Waals surface area contributed by atoms with Crippen LogP contribution in [-0.2, 0) is 14.3 Å². The van der Waals surface area contributed by atoms with E-state index in [9.17, 15) is 9.59 Å². The van der Waals surface area contributed by atoms with Crippen LogP contribution in [0.3, 0.4) is 0 Å². The van der Waals surface area contributed by atoms with Gasteiger partial charge in [0, 0.05) is 12.2 Å². The van der Waals surface area contributed by atoms with Crippen molar-refractivity contribution in [2.75, 3.05) is 17.7 Å². The Labute approximate surface area is 170 Å². The van der Waals surface area contributed by atoms with Crippen molar-refractivity contribution in [3.8, 4) is 6.07 Å². The lowest BCUT2D eigenvalue weighted by atomic mass is 10.2. The maximum absolute atomic E-state index is 11.9. The first-order valence-electron chi connectivity index (χ1n) is 8.58. The number of nitriles is 1. The Balaban J connectivity index is 1.35. The van der Waals surface area contributed by atoms with Crippen molar-refractivity contribution in [3.05, 3.63) is 54.1 Å². The Bertz CT molecular complexity index is 994. The Morgan fingerprint density at radius 3 is 2.79 bits per heavy atom. The van der Waals surface area contributed by atoms with Gasteiger partial charge in [-0.2, -0.15) is 5.26 Å². The average molecular weight is 412 g/mol. The summed E-state index contributed by atoms with van der Waals surface area (Å²) in [6.45, 7) is -0.371. The highest BCUT2D eigenvalue weighted by Gasteiger charge is 2.10. The lowest BCUT2D eigenvalue weighted by Crippen LogP contribution is -2.21. The van der Waals surface area contributed by atoms with E-state index in [1.54, 1.807) is 47.4 Å². The van der Waals surface area contributed by atoms with Gasteiger partial charge in [-0.25, -0.2) is 4.98 Å². The highest BCUT2D eigenvalue weighted by atomic mass is 32.2. The van der Waals surface area contributed by atoms with E-state index in [0.29, 0.717) is 17.7 Å². The van der Waals surface area contributed by atoms with Crippen molar-refractivity contribution in [1.82, 2.24) is 4.98 Å². The molecule has 0 aliphatic heterocycles. The molecule has 28 heavy (non-hydrogen) atoms. The van der Waals surface area contributed by atoms with Gasteiger partial charge in [0.25, 0.3) is 5.91 Å². The molecule has 0 spiro atoms. The molecule has 1 heterocycles. The van der Waals surface area contributed by atoms with E-state index >= 15 is 0 Å². The first kappa shape index (κ1) is 19.9. The third-order valence-corrected chi connectivity index (χ3v) is 5.98. The van der Waals surface area contributed by atoms with Gasteiger partial charge in [0.05, 0.1) is 21.5 Å². The normalized spacial score (nSPS) is 10.4. The molecule has 2 aromatic carbocycles. The minimum absolute atomic E-state index is 0.236. The van der Waals surface area contributed by atoms with Crippen LogP contribution in [0, 0.1) is 11.3 Å². The number of rotatable bonds is 8. The number of carbonyl (C=O) groups excluding carboxylic acids is 2. The van der Waals surface area contributed by atoms with Crippen LogP contribution in [0.15, 0.2) is 52.9 Å². The Kier molecular flexibility index (Phi) is 7.00. The molecular formula is C20H17N3O3S2. The number of thioether (sulfide) groups is 1. The van der Waals surface area contributed by atoms with Gasteiger partial charge in [0.1, 0.15) is 6.07 Å². The van der Waals surface area contributed by atoms with E-state index in [0.717, 1.165) is 20.3 Å². The fourth-order valence-electron chi connectivity index (χ4n) is 2.38. The third kappa shape index (κ3) is 5.55. The predicted molar refractivity (Wildman–Crippen MR) is 110 cm³/mol. The molecule has 142 valence electrons. The summed E-state index contributed by atoms with van der Waals surface area (Å²) < 4.78 is 7.12. The van der Waals surface area contributed by atoms with E-state index in [2.05, 4.69) is 10.3 Å². The topological polar surface area (TPSA) is 92.1 Å². The molecular weight excluding hydrogens is 394 g/mol. The molecule has 0 fully saturated rings. The van der Waals surface area contributed by atoms with Crippen LogP contribution < -0.4 is 5.32 Å². The second-order valence-electron chi connectivity index (χ2n) is 5.77. The molecule has 3 rings (SSSR count). The summed E-state index contributed by atoms with van der Waals surface area (Å²) in [5, 5.41) is 11.6. The summed E-state index contributed by atoms with van der Waals surface area (Å²) >= 11 is 3.24. The van der Waals surface area contributed by atoms with Crippen molar-refractivity contribution in [3.63, 3.8) is 0 Å². The standard InChI is InChI=1S/C20H17N3O3S2/c21-12-14-6-1-2-7-15(14)22-18(24)13-26-19(25)10-5-11-27-20-23-16-8-3-4-9-17(16)28-20/h1-4,6-9H,5,10-11,13H2,(H,22,24). The van der Waals surface area contributed by atoms with Crippen molar-refractivity contribution < 1.29 is 14.3 Å². The summed E-state index contributed by atoms with van der Waals surface area (Å²) in [5.41, 5.74) is 1.74. The minimum Gasteiger partial charge on any atom is -0.456 e. The highest BCUT2D eigenvalue weighted by molar-refractivity contribution is 8.01. The minimum atomic E-state index is -0.472. The van der Waals surface area contributed by atoms with Crippen LogP contribution >= 0.6 is 23.1 Å². The van der Waals surface area contributed by atoms with Gasteiger partial charge in [-0.05, 0) is 30.7 Å². The van der Waals surface area contributed by atoms with Crippen molar-refractivity contribution in [1.29, 1.82) is 5.26 Å². The van der Waals surface area contributed by atoms with Gasteiger partial charge in [0.2, 0.25) is 0 Å². The van der Waals surface area contributed by atoms with E-state index in [4.69, 9.17) is 10.00 Å². The number of thiazole rings is 1. The summed E-state index contributed by atoms with van der Waals surface area (Å²) in [7, 11) is 0. The van der Waals surface area contributed by atoms with Crippen LogP contribution in [0.2, 0.25) is 0 Å². The molecule has 0 aliphatic carbocycles. The molecule has 8 heteroatoms. The zero-order valence-corrected chi connectivity index (χ0v) is 16.5. The number of aromatic nitrogens is 1. The van der Waals surface area contributed by atoms with Crippen LogP contribution in [0.5, 0.6) is 0 Å². The second kappa shape index (κ2) is 9.88. The number of hydrogen-bond donors (Lipinski definition) is 1. The summed E-state index contributed by atoms with van der Waals surface area (Å²) in [6, 6.07) is 16.6. The summed E-state index contributed by atoms with van der Waals surface area (Å²) in [6.07, 6.45) is 0.873. The average Bonchev–Trinajstić information content (AvgIpc) is 3.13. The number of carbonyl (C=O) groups is 2. The number of esters is 1. The monoisotopic (exact) mass is 411 g/mol. The molecule has 3 aromatic rings. The van der Waals surface area contributed by atoms with Gasteiger partial charge < -0.3 is 10.1 Å². The fourth-order valence-corrected chi connectivity index (χ4v) is 4.46. The van der Waals surface area contributed by atoms with Crippen molar-refractivity contribution in [2.24, 2.45) is 0 Å². The number of nitrogens with zero attached hydrogens (tertiary/aromatic N) is 2. The Morgan fingerprint density at radius 2 is 1.96 bits per heavy atom. The van der Waals surface area contributed by atoms with Crippen molar-refractivity contribution in [2.45, 2.75) is 17.2 Å². The largest absolute Gasteiger partial charge is 0.456 e. The van der Waals surface area contributed by atoms with Crippen LogP contribution in [0.1, 0.15) is 18.4 Å². The summed E-state index contributed by atoms with van der Waals surface area (Å²) in [5.74, 6) is -0.148. The first-order chi connectivity index (χ1) is 13.7. The zero-order chi connectivity index (χ0) is 19.8. The molecule has 0 atom stereocenters. The van der Waals surface area contributed by atoms with Crippen molar-refractivity contribution >= 4 is 50.9 Å². The maximum Gasteiger partial charge on any atom is 0.306 e. The van der Waals surface area contributed by atoms with Gasteiger partial charge in [-0.3, -0.25) is 9.59 Å². The Hall–Kier alpha value is -2.89. The molecule has 0 bridgehead atoms. The van der Waals surface area contributed by atoms with E-state index in [1.807, 2.05) is 30.3 Å². The van der Waals surface area contributed by atoms with Gasteiger partial charge in [0.15, 0.2) is 10.9 Å². The first-order valence-corrected chi connectivity index (χ1v) is 10.4. The van der Waals surface area contributed by atoms with Gasteiger partial charge in [-0.1, -0.05) is 36.0 Å². The third-order valence-electron chi connectivity index (χ3n) is 3.71. The number of nitrogens with one attached hydrogen (secondary N) is 1. The maximum atomic E-state index is 11.9. The predicted octanol–water partition coefficient (Wildman–Crippen LogP) is 4.22.